The number of benzene rings is 2. The predicted molar refractivity (Wildman–Crippen MR) is 104 cm³/mol. The van der Waals surface area contributed by atoms with E-state index in [0.717, 1.165) is 10.2 Å². The second kappa shape index (κ2) is 8.48. The van der Waals surface area contributed by atoms with Crippen molar-refractivity contribution in [3.8, 4) is 5.69 Å². The average molecular weight is 467 g/mol. The van der Waals surface area contributed by atoms with Gasteiger partial charge in [-0.15, -0.1) is 0 Å². The smallest absolute Gasteiger partial charge is 0.343 e. The van der Waals surface area contributed by atoms with Crippen LogP contribution in [0.3, 0.4) is 0 Å². The molecule has 1 heterocycles. The van der Waals surface area contributed by atoms with Gasteiger partial charge in [0.2, 0.25) is 0 Å². The molecule has 0 fully saturated rings. The van der Waals surface area contributed by atoms with E-state index >= 15 is 0 Å². The molecule has 0 aliphatic carbocycles. The number of hydrogen-bond acceptors (Lipinski definition) is 3. The number of nitrogens with one attached hydrogen (secondary N) is 2. The van der Waals surface area contributed by atoms with Crippen LogP contribution in [-0.4, -0.2) is 34.3 Å². The summed E-state index contributed by atoms with van der Waals surface area (Å²) in [5, 5.41) is 8.49. The standard InChI is InChI=1S/C19H14BrF3N4O2/c20-13-9-25-27(10-13)14-7-5-12(6-8-14)17(28)26-16-4-2-1-3-15(16)18(29)24-11-19(21,22)23/h1-10H,11H2,(H,24,29)(H,26,28). The molecule has 150 valence electrons. The molecule has 29 heavy (non-hydrogen) atoms. The van der Waals surface area contributed by atoms with Crippen LogP contribution in [-0.2, 0) is 0 Å². The average Bonchev–Trinajstić information content (AvgIpc) is 3.12. The molecule has 0 bridgehead atoms. The lowest BCUT2D eigenvalue weighted by Crippen LogP contribution is -2.34. The minimum atomic E-state index is -4.53. The minimum absolute atomic E-state index is 0.0666. The lowest BCUT2D eigenvalue weighted by Gasteiger charge is -2.13. The maximum atomic E-state index is 12.5. The Morgan fingerprint density at radius 1 is 1.03 bits per heavy atom. The van der Waals surface area contributed by atoms with Crippen LogP contribution in [0.25, 0.3) is 5.69 Å². The van der Waals surface area contributed by atoms with Crippen LogP contribution in [0.1, 0.15) is 20.7 Å². The van der Waals surface area contributed by atoms with Crippen molar-refractivity contribution < 1.29 is 22.8 Å². The molecule has 0 atom stereocenters. The van der Waals surface area contributed by atoms with Crippen molar-refractivity contribution in [1.29, 1.82) is 0 Å². The van der Waals surface area contributed by atoms with Gasteiger partial charge in [0.1, 0.15) is 6.54 Å². The topological polar surface area (TPSA) is 76.0 Å². The zero-order chi connectivity index (χ0) is 21.0. The maximum absolute atomic E-state index is 12.5. The zero-order valence-electron chi connectivity index (χ0n) is 14.7. The van der Waals surface area contributed by atoms with Crippen molar-refractivity contribution in [2.75, 3.05) is 11.9 Å². The van der Waals surface area contributed by atoms with Gasteiger partial charge >= 0.3 is 6.18 Å². The fourth-order valence-corrected chi connectivity index (χ4v) is 2.75. The molecule has 0 unspecified atom stereocenters. The summed E-state index contributed by atoms with van der Waals surface area (Å²) in [6.07, 6.45) is -1.15. The van der Waals surface area contributed by atoms with Gasteiger partial charge in [-0.05, 0) is 52.3 Å². The van der Waals surface area contributed by atoms with Crippen LogP contribution in [0, 0.1) is 0 Å². The lowest BCUT2D eigenvalue weighted by molar-refractivity contribution is -0.123. The number of alkyl halides is 3. The van der Waals surface area contributed by atoms with Crippen molar-refractivity contribution >= 4 is 33.4 Å². The lowest BCUT2D eigenvalue weighted by atomic mass is 10.1. The molecule has 0 radical (unpaired) electrons. The molecule has 2 amide bonds. The number of amides is 2. The molecule has 0 spiro atoms. The van der Waals surface area contributed by atoms with Gasteiger partial charge in [-0.2, -0.15) is 18.3 Å². The highest BCUT2D eigenvalue weighted by Gasteiger charge is 2.28. The largest absolute Gasteiger partial charge is 0.405 e. The van der Waals surface area contributed by atoms with E-state index in [1.807, 2.05) is 0 Å². The number of hydrogen-bond donors (Lipinski definition) is 2. The summed E-state index contributed by atoms with van der Waals surface area (Å²) < 4.78 is 39.4. The third-order valence-corrected chi connectivity index (χ3v) is 4.22. The first-order chi connectivity index (χ1) is 13.7. The van der Waals surface area contributed by atoms with Gasteiger partial charge in [0.15, 0.2) is 0 Å². The van der Waals surface area contributed by atoms with Gasteiger partial charge < -0.3 is 10.6 Å². The first-order valence-corrected chi connectivity index (χ1v) is 9.08. The van der Waals surface area contributed by atoms with E-state index in [1.54, 1.807) is 52.7 Å². The Morgan fingerprint density at radius 2 is 1.72 bits per heavy atom. The van der Waals surface area contributed by atoms with Crippen LogP contribution in [0.4, 0.5) is 18.9 Å². The van der Waals surface area contributed by atoms with Crippen molar-refractivity contribution in [2.24, 2.45) is 0 Å². The summed E-state index contributed by atoms with van der Waals surface area (Å²) in [4.78, 5) is 24.6. The number of carbonyl (C=O) groups is 2. The van der Waals surface area contributed by atoms with E-state index in [-0.39, 0.29) is 11.3 Å². The fraction of sp³-hybridized carbons (Fsp3) is 0.105. The monoisotopic (exact) mass is 466 g/mol. The summed E-state index contributed by atoms with van der Waals surface area (Å²) in [5.41, 5.74) is 1.09. The molecule has 1 aromatic heterocycles. The van der Waals surface area contributed by atoms with E-state index in [0.29, 0.717) is 5.56 Å². The van der Waals surface area contributed by atoms with Gasteiger partial charge in [-0.1, -0.05) is 12.1 Å². The molecule has 6 nitrogen and oxygen atoms in total. The van der Waals surface area contributed by atoms with Gasteiger partial charge in [-0.3, -0.25) is 9.59 Å². The summed E-state index contributed by atoms with van der Waals surface area (Å²) in [5.74, 6) is -1.44. The van der Waals surface area contributed by atoms with E-state index < -0.39 is 24.5 Å². The number of nitrogens with zero attached hydrogens (tertiary/aromatic N) is 2. The Bertz CT molecular complexity index is 1030. The van der Waals surface area contributed by atoms with Crippen LogP contribution in [0.2, 0.25) is 0 Å². The number of anilines is 1. The Labute approximate surface area is 171 Å². The summed E-state index contributed by atoms with van der Waals surface area (Å²) in [6.45, 7) is -1.46. The Morgan fingerprint density at radius 3 is 2.34 bits per heavy atom. The SMILES string of the molecule is O=C(Nc1ccccc1C(=O)NCC(F)(F)F)c1ccc(-n2cc(Br)cn2)cc1. The highest BCUT2D eigenvalue weighted by Crippen LogP contribution is 2.19. The van der Waals surface area contributed by atoms with Crippen molar-refractivity contribution in [2.45, 2.75) is 6.18 Å². The second-order valence-electron chi connectivity index (χ2n) is 5.95. The fourth-order valence-electron chi connectivity index (χ4n) is 2.47. The van der Waals surface area contributed by atoms with Crippen molar-refractivity contribution in [3.63, 3.8) is 0 Å². The van der Waals surface area contributed by atoms with Gasteiger partial charge in [-0.25, -0.2) is 4.68 Å². The molecular formula is C19H14BrF3N4O2. The Kier molecular flexibility index (Phi) is 6.02. The molecule has 0 aliphatic heterocycles. The van der Waals surface area contributed by atoms with Crippen LogP contribution < -0.4 is 10.6 Å². The summed E-state index contributed by atoms with van der Waals surface area (Å²) in [7, 11) is 0. The molecule has 10 heteroatoms. The zero-order valence-corrected chi connectivity index (χ0v) is 16.3. The molecule has 0 saturated carbocycles. The van der Waals surface area contributed by atoms with Crippen LogP contribution >= 0.6 is 15.9 Å². The minimum Gasteiger partial charge on any atom is -0.343 e. The number of halogens is 4. The number of para-hydroxylation sites is 1. The normalized spacial score (nSPS) is 11.2. The molecule has 2 aromatic carbocycles. The van der Waals surface area contributed by atoms with Crippen molar-refractivity contribution in [3.05, 3.63) is 76.5 Å². The highest BCUT2D eigenvalue weighted by atomic mass is 79.9. The molecule has 3 rings (SSSR count). The van der Waals surface area contributed by atoms with Crippen LogP contribution in [0.15, 0.2) is 65.4 Å². The maximum Gasteiger partial charge on any atom is 0.405 e. The molecule has 3 aromatic rings. The van der Waals surface area contributed by atoms with Crippen LogP contribution in [0.5, 0.6) is 0 Å². The first-order valence-electron chi connectivity index (χ1n) is 8.29. The number of rotatable bonds is 5. The molecular weight excluding hydrogens is 453 g/mol. The summed E-state index contributed by atoms with van der Waals surface area (Å²) in [6, 6.07) is 12.4. The first kappa shape index (κ1) is 20.6. The third kappa shape index (κ3) is 5.44. The highest BCUT2D eigenvalue weighted by molar-refractivity contribution is 9.10. The van der Waals surface area contributed by atoms with Gasteiger partial charge in [0.05, 0.1) is 27.6 Å². The quantitative estimate of drug-likeness (QED) is 0.592. The van der Waals surface area contributed by atoms with Gasteiger partial charge in [0.25, 0.3) is 11.8 Å². The number of aromatic nitrogens is 2. The van der Waals surface area contributed by atoms with Crippen molar-refractivity contribution in [1.82, 2.24) is 15.1 Å². The molecule has 0 aliphatic rings. The van der Waals surface area contributed by atoms with Gasteiger partial charge in [0, 0.05) is 11.8 Å². The van der Waals surface area contributed by atoms with E-state index in [1.165, 1.54) is 18.2 Å². The van der Waals surface area contributed by atoms with E-state index in [4.69, 9.17) is 0 Å². The summed E-state index contributed by atoms with van der Waals surface area (Å²) >= 11 is 3.30. The number of carbonyl (C=O) groups excluding carboxylic acids is 2. The predicted octanol–water partition coefficient (Wildman–Crippen LogP) is 4.18. The molecule has 0 saturated heterocycles. The Hall–Kier alpha value is -3.14. The van der Waals surface area contributed by atoms with E-state index in [2.05, 4.69) is 26.3 Å². The Balaban J connectivity index is 1.73. The molecule has 2 N–H and O–H groups in total. The second-order valence-corrected chi connectivity index (χ2v) is 6.86. The third-order valence-electron chi connectivity index (χ3n) is 3.81. The van der Waals surface area contributed by atoms with E-state index in [9.17, 15) is 22.8 Å².